The molecule has 0 spiro atoms. The highest BCUT2D eigenvalue weighted by Crippen LogP contribution is 2.37. The summed E-state index contributed by atoms with van der Waals surface area (Å²) < 4.78 is 16.3. The molecule has 0 heterocycles. The lowest BCUT2D eigenvalue weighted by Crippen LogP contribution is -2.42. The molecule has 1 rings (SSSR count). The average molecular weight is 324 g/mol. The molecule has 0 fully saturated rings. The molecule has 0 unspecified atom stereocenters. The van der Waals surface area contributed by atoms with Crippen LogP contribution in [-0.4, -0.2) is 28.5 Å². The fourth-order valence-corrected chi connectivity index (χ4v) is 2.78. The molecule has 0 amide bonds. The molecule has 22 heavy (non-hydrogen) atoms. The van der Waals surface area contributed by atoms with Gasteiger partial charge >= 0.3 is 0 Å². The van der Waals surface area contributed by atoms with Crippen LogP contribution in [0.25, 0.3) is 0 Å². The van der Waals surface area contributed by atoms with Gasteiger partial charge < -0.3 is 13.9 Å². The van der Waals surface area contributed by atoms with E-state index in [1.807, 2.05) is 18.2 Å². The Bertz CT molecular complexity index is 518. The Kier molecular flexibility index (Phi) is 6.05. The smallest absolute Gasteiger partial charge is 0.292 e. The van der Waals surface area contributed by atoms with Crippen molar-refractivity contribution in [1.29, 1.82) is 0 Å². The second kappa shape index (κ2) is 7.18. The van der Waals surface area contributed by atoms with Gasteiger partial charge in [-0.2, -0.15) is 0 Å². The predicted octanol–water partition coefficient (Wildman–Crippen LogP) is 4.18. The van der Waals surface area contributed by atoms with E-state index < -0.39 is 8.32 Å². The van der Waals surface area contributed by atoms with Crippen molar-refractivity contribution < 1.29 is 18.7 Å². The molecule has 0 aliphatic carbocycles. The van der Waals surface area contributed by atoms with Gasteiger partial charge in [-0.05, 0) is 48.3 Å². The molecule has 0 saturated heterocycles. The minimum absolute atomic E-state index is 0.0241. The summed E-state index contributed by atoms with van der Waals surface area (Å²) in [5, 5.41) is 0.0241. The average Bonchev–Trinajstić information content (AvgIpc) is 2.43. The van der Waals surface area contributed by atoms with Crippen molar-refractivity contribution in [1.82, 2.24) is 0 Å². The summed E-state index contributed by atoms with van der Waals surface area (Å²) in [5.74, 6) is 1.38. The number of ether oxygens (including phenoxy) is 2. The van der Waals surface area contributed by atoms with Crippen molar-refractivity contribution >= 4 is 14.3 Å². The van der Waals surface area contributed by atoms with Gasteiger partial charge in [-0.25, -0.2) is 0 Å². The van der Waals surface area contributed by atoms with Crippen LogP contribution in [0.15, 0.2) is 18.2 Å². The minimum atomic E-state index is -2.05. The van der Waals surface area contributed by atoms with E-state index in [0.717, 1.165) is 17.1 Å². The number of carbonyl (C=O) groups excluding carboxylic acids is 1. The topological polar surface area (TPSA) is 44.8 Å². The zero-order valence-corrected chi connectivity index (χ0v) is 15.8. The number of methoxy groups -OCH3 is 2. The maximum atomic E-state index is 12.2. The van der Waals surface area contributed by atoms with Crippen LogP contribution < -0.4 is 9.47 Å². The summed E-state index contributed by atoms with van der Waals surface area (Å²) >= 11 is 0. The lowest BCUT2D eigenvalue weighted by atomic mass is 10.1. The number of hydrogen-bond acceptors (Lipinski definition) is 4. The number of aryl methyl sites for hydroxylation is 1. The normalized spacial score (nSPS) is 12.0. The lowest BCUT2D eigenvalue weighted by molar-refractivity contribution is -0.135. The molecule has 0 aromatic heterocycles. The Morgan fingerprint density at radius 1 is 1.14 bits per heavy atom. The summed E-state index contributed by atoms with van der Waals surface area (Å²) in [7, 11) is 1.20. The van der Waals surface area contributed by atoms with Gasteiger partial charge in [-0.1, -0.05) is 20.8 Å². The van der Waals surface area contributed by atoms with Crippen LogP contribution in [0.1, 0.15) is 32.8 Å². The Hall–Kier alpha value is -1.49. The summed E-state index contributed by atoms with van der Waals surface area (Å²) in [6.45, 7) is 10.5. The maximum Gasteiger partial charge on any atom is 0.292 e. The molecule has 4 nitrogen and oxygen atoms in total. The first kappa shape index (κ1) is 18.6. The predicted molar refractivity (Wildman–Crippen MR) is 91.2 cm³/mol. The van der Waals surface area contributed by atoms with Gasteiger partial charge in [0.05, 0.1) is 14.2 Å². The van der Waals surface area contributed by atoms with Crippen LogP contribution in [0, 0.1) is 0 Å². The molecule has 0 saturated carbocycles. The monoisotopic (exact) mass is 324 g/mol. The van der Waals surface area contributed by atoms with E-state index in [4.69, 9.17) is 13.9 Å². The molecular formula is C17H28O4Si. The van der Waals surface area contributed by atoms with E-state index >= 15 is 0 Å². The Balaban J connectivity index is 2.72. The molecule has 124 valence electrons. The molecule has 1 aromatic carbocycles. The summed E-state index contributed by atoms with van der Waals surface area (Å²) in [4.78, 5) is 12.2. The van der Waals surface area contributed by atoms with Crippen molar-refractivity contribution in [3.8, 4) is 11.5 Å². The highest BCUT2D eigenvalue weighted by Gasteiger charge is 2.40. The fourth-order valence-electron chi connectivity index (χ4n) is 1.80. The van der Waals surface area contributed by atoms with E-state index in [1.165, 1.54) is 0 Å². The third-order valence-electron chi connectivity index (χ3n) is 4.26. The first-order valence-electron chi connectivity index (χ1n) is 7.53. The van der Waals surface area contributed by atoms with Crippen LogP contribution in [0.3, 0.4) is 0 Å². The zero-order chi connectivity index (χ0) is 17.0. The minimum Gasteiger partial charge on any atom is -0.519 e. The van der Waals surface area contributed by atoms with Crippen LogP contribution >= 0.6 is 0 Å². The highest BCUT2D eigenvalue weighted by molar-refractivity contribution is 6.75. The van der Waals surface area contributed by atoms with Gasteiger partial charge in [0.15, 0.2) is 0 Å². The van der Waals surface area contributed by atoms with E-state index in [9.17, 15) is 4.79 Å². The van der Waals surface area contributed by atoms with Crippen LogP contribution in [-0.2, 0) is 15.6 Å². The second-order valence-electron chi connectivity index (χ2n) is 6.91. The lowest BCUT2D eigenvalue weighted by Gasteiger charge is -2.35. The zero-order valence-electron chi connectivity index (χ0n) is 14.8. The van der Waals surface area contributed by atoms with E-state index in [2.05, 4.69) is 33.9 Å². The molecule has 5 heteroatoms. The van der Waals surface area contributed by atoms with Gasteiger partial charge in [0, 0.05) is 6.42 Å². The van der Waals surface area contributed by atoms with E-state index in [0.29, 0.717) is 12.8 Å². The van der Waals surface area contributed by atoms with Crippen LogP contribution in [0.2, 0.25) is 18.1 Å². The molecule has 0 bridgehead atoms. The molecule has 0 aliphatic heterocycles. The van der Waals surface area contributed by atoms with Crippen LogP contribution in [0.5, 0.6) is 11.5 Å². The van der Waals surface area contributed by atoms with Gasteiger partial charge in [-0.15, -0.1) is 0 Å². The number of carbonyl (C=O) groups is 1. The fraction of sp³-hybridized carbons (Fsp3) is 0.588. The Morgan fingerprint density at radius 2 is 1.77 bits per heavy atom. The highest BCUT2D eigenvalue weighted by atomic mass is 28.4. The first-order chi connectivity index (χ1) is 10.1. The maximum absolute atomic E-state index is 12.2. The van der Waals surface area contributed by atoms with Gasteiger partial charge in [0.1, 0.15) is 11.5 Å². The third-order valence-corrected chi connectivity index (χ3v) is 8.61. The van der Waals surface area contributed by atoms with Gasteiger partial charge in [0.2, 0.25) is 0 Å². The standard InChI is InChI=1S/C17H28O4Si/c1-17(2,3)22(6,7)21-16(18)11-8-13-12-14(19-4)9-10-15(13)20-5/h9-10,12H,8,11H2,1-7H3. The third kappa shape index (κ3) is 4.76. The molecule has 0 aliphatic rings. The number of benzene rings is 1. The SMILES string of the molecule is COc1ccc(OC)c(CCC(=O)O[Si](C)(C)C(C)(C)C)c1. The number of rotatable bonds is 6. The summed E-state index contributed by atoms with van der Waals surface area (Å²) in [5.41, 5.74) is 0.953. The summed E-state index contributed by atoms with van der Waals surface area (Å²) in [6, 6.07) is 5.60. The summed E-state index contributed by atoms with van der Waals surface area (Å²) in [6.07, 6.45) is 0.921. The van der Waals surface area contributed by atoms with Gasteiger partial charge in [0.25, 0.3) is 14.3 Å². The van der Waals surface area contributed by atoms with Crippen molar-refractivity contribution in [3.63, 3.8) is 0 Å². The van der Waals surface area contributed by atoms with Crippen molar-refractivity contribution in [2.24, 2.45) is 0 Å². The Labute approximate surface area is 134 Å². The van der Waals surface area contributed by atoms with E-state index in [-0.39, 0.29) is 11.0 Å². The van der Waals surface area contributed by atoms with Crippen molar-refractivity contribution in [3.05, 3.63) is 23.8 Å². The quantitative estimate of drug-likeness (QED) is 0.736. The van der Waals surface area contributed by atoms with Gasteiger partial charge in [-0.3, -0.25) is 4.79 Å². The molecule has 0 radical (unpaired) electrons. The van der Waals surface area contributed by atoms with E-state index in [1.54, 1.807) is 14.2 Å². The number of hydrogen-bond donors (Lipinski definition) is 0. The second-order valence-corrected chi connectivity index (χ2v) is 11.6. The van der Waals surface area contributed by atoms with Crippen molar-refractivity contribution in [2.75, 3.05) is 14.2 Å². The van der Waals surface area contributed by atoms with Crippen molar-refractivity contribution in [2.45, 2.75) is 51.7 Å². The molecular weight excluding hydrogens is 296 g/mol. The van der Waals surface area contributed by atoms with Crippen LogP contribution in [0.4, 0.5) is 0 Å². The largest absolute Gasteiger partial charge is 0.519 e. The first-order valence-corrected chi connectivity index (χ1v) is 10.4. The Morgan fingerprint density at radius 3 is 2.27 bits per heavy atom. The molecule has 0 N–H and O–H groups in total. The molecule has 1 aromatic rings. The molecule has 0 atom stereocenters.